The fourth-order valence-corrected chi connectivity index (χ4v) is 1.49. The van der Waals surface area contributed by atoms with Gasteiger partial charge in [-0.25, -0.2) is 9.78 Å². The van der Waals surface area contributed by atoms with E-state index in [-0.39, 0.29) is 23.9 Å². The normalized spacial score (nSPS) is 11.2. The Morgan fingerprint density at radius 1 is 1.38 bits per heavy atom. The zero-order chi connectivity index (χ0) is 15.8. The summed E-state index contributed by atoms with van der Waals surface area (Å²) in [6.45, 7) is 5.36. The molecule has 0 amide bonds. The van der Waals surface area contributed by atoms with Crippen molar-refractivity contribution in [2.75, 3.05) is 19.0 Å². The number of hydrogen-bond donors (Lipinski definition) is 1. The molecule has 1 N–H and O–H groups in total. The van der Waals surface area contributed by atoms with Crippen LogP contribution in [0.25, 0.3) is 0 Å². The molecule has 1 aromatic heterocycles. The van der Waals surface area contributed by atoms with Crippen LogP contribution in [0.2, 0.25) is 0 Å². The van der Waals surface area contributed by atoms with Gasteiger partial charge in [-0.3, -0.25) is 4.79 Å². The topological polar surface area (TPSA) is 77.5 Å². The second-order valence-corrected chi connectivity index (χ2v) is 4.53. The van der Waals surface area contributed by atoms with Crippen molar-refractivity contribution >= 4 is 17.4 Å². The predicted molar refractivity (Wildman–Crippen MR) is 79.0 cm³/mol. The lowest BCUT2D eigenvalue weighted by molar-refractivity contribution is -0.140. The summed E-state index contributed by atoms with van der Waals surface area (Å²) in [4.78, 5) is 27.9. The van der Waals surface area contributed by atoms with Crippen LogP contribution in [0.4, 0.5) is 5.69 Å². The van der Waals surface area contributed by atoms with Crippen LogP contribution in [0.3, 0.4) is 0 Å². The van der Waals surface area contributed by atoms with Crippen LogP contribution in [0.5, 0.6) is 5.88 Å². The molecule has 0 radical (unpaired) electrons. The lowest BCUT2D eigenvalue weighted by Crippen LogP contribution is -2.21. The Bertz CT molecular complexity index is 521. The van der Waals surface area contributed by atoms with Crippen molar-refractivity contribution in [3.8, 4) is 5.88 Å². The first-order valence-corrected chi connectivity index (χ1v) is 6.67. The molecular weight excluding hydrogens is 272 g/mol. The maximum absolute atomic E-state index is 12.0. The monoisotopic (exact) mass is 292 g/mol. The number of hydrogen-bond acceptors (Lipinski definition) is 6. The average molecular weight is 292 g/mol. The van der Waals surface area contributed by atoms with Gasteiger partial charge >= 0.3 is 5.97 Å². The molecule has 0 spiro atoms. The third-order valence-electron chi connectivity index (χ3n) is 2.61. The van der Waals surface area contributed by atoms with Gasteiger partial charge in [-0.2, -0.15) is 0 Å². The number of esters is 1. The smallest absolute Gasteiger partial charge is 0.343 e. The van der Waals surface area contributed by atoms with E-state index in [1.54, 1.807) is 32.9 Å². The standard InChI is InChI=1S/C15H20N2O4/c1-5-21-15(19)12(14(18)10(2)3)9-16-11-6-7-13(20-4)17-8-11/h6-10,16H,5H2,1-4H3. The highest BCUT2D eigenvalue weighted by Gasteiger charge is 2.22. The lowest BCUT2D eigenvalue weighted by Gasteiger charge is -2.09. The van der Waals surface area contributed by atoms with Gasteiger partial charge in [0, 0.05) is 18.2 Å². The van der Waals surface area contributed by atoms with Gasteiger partial charge in [0.05, 0.1) is 25.6 Å². The van der Waals surface area contributed by atoms with E-state index in [0.29, 0.717) is 11.6 Å². The van der Waals surface area contributed by atoms with Gasteiger partial charge in [0.2, 0.25) is 5.88 Å². The van der Waals surface area contributed by atoms with Crippen LogP contribution >= 0.6 is 0 Å². The third-order valence-corrected chi connectivity index (χ3v) is 2.61. The molecule has 21 heavy (non-hydrogen) atoms. The van der Waals surface area contributed by atoms with Gasteiger partial charge < -0.3 is 14.8 Å². The maximum atomic E-state index is 12.0. The van der Waals surface area contributed by atoms with E-state index < -0.39 is 5.97 Å². The van der Waals surface area contributed by atoms with Crippen LogP contribution in [0, 0.1) is 5.92 Å². The molecule has 1 heterocycles. The molecule has 0 fully saturated rings. The minimum absolute atomic E-state index is 0.0114. The molecule has 1 rings (SSSR count). The van der Waals surface area contributed by atoms with Crippen LogP contribution in [-0.2, 0) is 14.3 Å². The molecule has 0 aliphatic rings. The number of pyridine rings is 1. The number of rotatable bonds is 7. The van der Waals surface area contributed by atoms with Crippen LogP contribution in [0.1, 0.15) is 20.8 Å². The summed E-state index contributed by atoms with van der Waals surface area (Å²) in [6.07, 6.45) is 2.89. The summed E-state index contributed by atoms with van der Waals surface area (Å²) in [7, 11) is 1.52. The molecule has 0 aliphatic heterocycles. The van der Waals surface area contributed by atoms with Crippen molar-refractivity contribution in [1.82, 2.24) is 4.98 Å². The van der Waals surface area contributed by atoms with E-state index in [1.807, 2.05) is 0 Å². The first-order valence-electron chi connectivity index (χ1n) is 6.67. The summed E-state index contributed by atoms with van der Waals surface area (Å²) < 4.78 is 9.85. The van der Waals surface area contributed by atoms with E-state index in [4.69, 9.17) is 9.47 Å². The molecule has 0 saturated carbocycles. The van der Waals surface area contributed by atoms with E-state index in [0.717, 1.165) is 0 Å². The summed E-state index contributed by atoms with van der Waals surface area (Å²) in [5.41, 5.74) is 0.622. The lowest BCUT2D eigenvalue weighted by atomic mass is 10.0. The van der Waals surface area contributed by atoms with Gasteiger partial charge in [0.1, 0.15) is 5.57 Å². The Labute approximate surface area is 124 Å². The van der Waals surface area contributed by atoms with E-state index >= 15 is 0 Å². The highest BCUT2D eigenvalue weighted by molar-refractivity contribution is 6.18. The Morgan fingerprint density at radius 2 is 2.10 bits per heavy atom. The number of ketones is 1. The number of carbonyl (C=O) groups excluding carboxylic acids is 2. The number of carbonyl (C=O) groups is 2. The van der Waals surface area contributed by atoms with Crippen molar-refractivity contribution < 1.29 is 19.1 Å². The van der Waals surface area contributed by atoms with Crippen LogP contribution in [-0.4, -0.2) is 30.5 Å². The summed E-state index contributed by atoms with van der Waals surface area (Å²) in [5.74, 6) is -0.725. The van der Waals surface area contributed by atoms with Gasteiger partial charge in [-0.1, -0.05) is 13.8 Å². The average Bonchev–Trinajstić information content (AvgIpc) is 2.48. The maximum Gasteiger partial charge on any atom is 0.343 e. The minimum atomic E-state index is -0.634. The van der Waals surface area contributed by atoms with Crippen LogP contribution < -0.4 is 10.1 Å². The highest BCUT2D eigenvalue weighted by Crippen LogP contribution is 2.13. The zero-order valence-electron chi connectivity index (χ0n) is 12.7. The quantitative estimate of drug-likeness (QED) is 0.359. The van der Waals surface area contributed by atoms with Crippen molar-refractivity contribution in [2.45, 2.75) is 20.8 Å². The molecule has 6 heteroatoms. The second kappa shape index (κ2) is 8.04. The molecule has 0 aromatic carbocycles. The molecular formula is C15H20N2O4. The minimum Gasteiger partial charge on any atom is -0.481 e. The van der Waals surface area contributed by atoms with Crippen molar-refractivity contribution in [3.63, 3.8) is 0 Å². The Balaban J connectivity index is 2.91. The molecule has 0 atom stereocenters. The molecule has 1 aromatic rings. The first-order chi connectivity index (χ1) is 9.99. The fraction of sp³-hybridized carbons (Fsp3) is 0.400. The summed E-state index contributed by atoms with van der Waals surface area (Å²) >= 11 is 0. The Kier molecular flexibility index (Phi) is 6.39. The SMILES string of the molecule is CCOC(=O)C(=CNc1ccc(OC)nc1)C(=O)C(C)C. The fourth-order valence-electron chi connectivity index (χ4n) is 1.49. The number of methoxy groups -OCH3 is 1. The first kappa shape index (κ1) is 16.7. The predicted octanol–water partition coefficient (Wildman–Crippen LogP) is 2.17. The highest BCUT2D eigenvalue weighted by atomic mass is 16.5. The zero-order valence-corrected chi connectivity index (χ0v) is 12.7. The largest absolute Gasteiger partial charge is 0.481 e. The van der Waals surface area contributed by atoms with Crippen LogP contribution in [0.15, 0.2) is 30.1 Å². The number of Topliss-reactive ketones (excluding diaryl/α,β-unsaturated/α-hetero) is 1. The summed E-state index contributed by atoms with van der Waals surface area (Å²) in [6, 6.07) is 3.40. The Hall–Kier alpha value is -2.37. The number of nitrogens with one attached hydrogen (secondary N) is 1. The molecule has 6 nitrogen and oxygen atoms in total. The van der Waals surface area contributed by atoms with Gasteiger partial charge in [0.15, 0.2) is 5.78 Å². The van der Waals surface area contributed by atoms with E-state index in [2.05, 4.69) is 10.3 Å². The van der Waals surface area contributed by atoms with Gasteiger partial charge in [-0.15, -0.1) is 0 Å². The molecule has 0 aliphatic carbocycles. The third kappa shape index (κ3) is 4.91. The van der Waals surface area contributed by atoms with Gasteiger partial charge in [-0.05, 0) is 13.0 Å². The molecule has 0 bridgehead atoms. The second-order valence-electron chi connectivity index (χ2n) is 4.53. The Morgan fingerprint density at radius 3 is 2.57 bits per heavy atom. The number of anilines is 1. The number of aromatic nitrogens is 1. The van der Waals surface area contributed by atoms with Crippen molar-refractivity contribution in [1.29, 1.82) is 0 Å². The summed E-state index contributed by atoms with van der Waals surface area (Å²) in [5, 5.41) is 2.87. The van der Waals surface area contributed by atoms with Crippen molar-refractivity contribution in [2.24, 2.45) is 5.92 Å². The number of nitrogens with zero attached hydrogens (tertiary/aromatic N) is 1. The molecule has 0 unspecified atom stereocenters. The molecule has 114 valence electrons. The van der Waals surface area contributed by atoms with E-state index in [9.17, 15) is 9.59 Å². The number of ether oxygens (including phenoxy) is 2. The van der Waals surface area contributed by atoms with Gasteiger partial charge in [0.25, 0.3) is 0 Å². The van der Waals surface area contributed by atoms with Crippen molar-refractivity contribution in [3.05, 3.63) is 30.1 Å². The molecule has 0 saturated heterocycles. The van der Waals surface area contributed by atoms with E-state index in [1.165, 1.54) is 19.5 Å².